The molecule has 2 bridgehead atoms. The van der Waals surface area contributed by atoms with E-state index in [4.69, 9.17) is 13.9 Å². The molecule has 4 rings (SSSR count). The number of fused-ring (bicyclic) bond motifs is 3. The van der Waals surface area contributed by atoms with E-state index >= 15 is 0 Å². The summed E-state index contributed by atoms with van der Waals surface area (Å²) >= 11 is 0. The van der Waals surface area contributed by atoms with Gasteiger partial charge in [-0.1, -0.05) is 12.1 Å². The van der Waals surface area contributed by atoms with Crippen LogP contribution < -0.4 is 15.4 Å². The van der Waals surface area contributed by atoms with E-state index in [-0.39, 0.29) is 18.2 Å². The third-order valence-corrected chi connectivity index (χ3v) is 4.62. The lowest BCUT2D eigenvalue weighted by Crippen LogP contribution is -2.46. The molecule has 122 valence electrons. The molecule has 0 saturated carbocycles. The SMILES string of the molecule is COc1cccc2cc(CNC(=O)N[C@H]3C[C@H]4CC[C@H]3O4)oc12. The second-order valence-electron chi connectivity index (χ2n) is 6.13. The topological polar surface area (TPSA) is 72.7 Å². The van der Waals surface area contributed by atoms with E-state index < -0.39 is 0 Å². The molecule has 3 heterocycles. The first-order valence-electron chi connectivity index (χ1n) is 7.98. The summed E-state index contributed by atoms with van der Waals surface area (Å²) < 4.78 is 16.8. The molecule has 2 saturated heterocycles. The van der Waals surface area contributed by atoms with Crippen LogP contribution in [-0.4, -0.2) is 31.4 Å². The summed E-state index contributed by atoms with van der Waals surface area (Å²) in [5.74, 6) is 1.39. The number of methoxy groups -OCH3 is 1. The van der Waals surface area contributed by atoms with Crippen LogP contribution in [0.2, 0.25) is 0 Å². The fourth-order valence-corrected chi connectivity index (χ4v) is 3.51. The largest absolute Gasteiger partial charge is 0.493 e. The van der Waals surface area contributed by atoms with Gasteiger partial charge in [0.2, 0.25) is 0 Å². The van der Waals surface area contributed by atoms with Crippen LogP contribution in [0, 0.1) is 0 Å². The van der Waals surface area contributed by atoms with Gasteiger partial charge >= 0.3 is 6.03 Å². The fourth-order valence-electron chi connectivity index (χ4n) is 3.51. The van der Waals surface area contributed by atoms with Gasteiger partial charge in [0.15, 0.2) is 11.3 Å². The molecule has 1 aromatic carbocycles. The Labute approximate surface area is 134 Å². The average molecular weight is 316 g/mol. The molecule has 6 heteroatoms. The van der Waals surface area contributed by atoms with Gasteiger partial charge in [-0.05, 0) is 31.4 Å². The number of hydrogen-bond donors (Lipinski definition) is 2. The average Bonchev–Trinajstić information content (AvgIpc) is 3.26. The van der Waals surface area contributed by atoms with Crippen molar-refractivity contribution in [3.8, 4) is 5.75 Å². The van der Waals surface area contributed by atoms with Crippen molar-refractivity contribution in [1.29, 1.82) is 0 Å². The van der Waals surface area contributed by atoms with Crippen LogP contribution in [0.1, 0.15) is 25.0 Å². The third-order valence-electron chi connectivity index (χ3n) is 4.62. The molecule has 2 N–H and O–H groups in total. The summed E-state index contributed by atoms with van der Waals surface area (Å²) in [5, 5.41) is 6.80. The predicted octanol–water partition coefficient (Wildman–Crippen LogP) is 2.56. The van der Waals surface area contributed by atoms with Gasteiger partial charge in [0.25, 0.3) is 0 Å². The van der Waals surface area contributed by atoms with Gasteiger partial charge in [-0.25, -0.2) is 4.79 Å². The van der Waals surface area contributed by atoms with Gasteiger partial charge in [0, 0.05) is 5.39 Å². The first kappa shape index (κ1) is 14.4. The van der Waals surface area contributed by atoms with Gasteiger partial charge in [0.05, 0.1) is 31.9 Å². The lowest BCUT2D eigenvalue weighted by molar-refractivity contribution is 0.0981. The van der Waals surface area contributed by atoms with E-state index in [1.54, 1.807) is 7.11 Å². The summed E-state index contributed by atoms with van der Waals surface area (Å²) in [6, 6.07) is 7.58. The number of nitrogens with one attached hydrogen (secondary N) is 2. The van der Waals surface area contributed by atoms with Crippen LogP contribution in [0.4, 0.5) is 4.79 Å². The summed E-state index contributed by atoms with van der Waals surface area (Å²) in [5.41, 5.74) is 0.703. The minimum Gasteiger partial charge on any atom is -0.493 e. The Morgan fingerprint density at radius 2 is 2.30 bits per heavy atom. The summed E-state index contributed by atoms with van der Waals surface area (Å²) in [6.07, 6.45) is 3.58. The van der Waals surface area contributed by atoms with E-state index in [1.165, 1.54) is 0 Å². The maximum atomic E-state index is 12.0. The van der Waals surface area contributed by atoms with E-state index in [1.807, 2.05) is 24.3 Å². The molecule has 2 aliphatic rings. The first-order valence-corrected chi connectivity index (χ1v) is 7.98. The minimum absolute atomic E-state index is 0.129. The Bertz CT molecular complexity index is 726. The van der Waals surface area contributed by atoms with E-state index in [9.17, 15) is 4.79 Å². The van der Waals surface area contributed by atoms with Crippen molar-refractivity contribution in [2.45, 2.75) is 44.1 Å². The second-order valence-corrected chi connectivity index (χ2v) is 6.13. The highest BCUT2D eigenvalue weighted by Gasteiger charge is 2.41. The Morgan fingerprint density at radius 3 is 3.04 bits per heavy atom. The Hall–Kier alpha value is -2.21. The first-order chi connectivity index (χ1) is 11.2. The van der Waals surface area contributed by atoms with Gasteiger partial charge < -0.3 is 24.5 Å². The molecule has 2 fully saturated rings. The predicted molar refractivity (Wildman–Crippen MR) is 84.4 cm³/mol. The lowest BCUT2D eigenvalue weighted by Gasteiger charge is -2.20. The second kappa shape index (κ2) is 5.77. The number of furan rings is 1. The Kier molecular flexibility index (Phi) is 3.61. The van der Waals surface area contributed by atoms with Gasteiger partial charge in [0.1, 0.15) is 5.76 Å². The molecule has 23 heavy (non-hydrogen) atoms. The Balaban J connectivity index is 1.36. The number of carbonyl (C=O) groups excluding carboxylic acids is 1. The molecule has 0 radical (unpaired) electrons. The lowest BCUT2D eigenvalue weighted by atomic mass is 9.96. The Morgan fingerprint density at radius 1 is 1.39 bits per heavy atom. The van der Waals surface area contributed by atoms with Crippen LogP contribution in [0.25, 0.3) is 11.0 Å². The monoisotopic (exact) mass is 316 g/mol. The number of carbonyl (C=O) groups is 1. The highest BCUT2D eigenvalue weighted by atomic mass is 16.5. The van der Waals surface area contributed by atoms with E-state index in [2.05, 4.69) is 10.6 Å². The zero-order valence-electron chi connectivity index (χ0n) is 13.0. The molecule has 6 nitrogen and oxygen atoms in total. The van der Waals surface area contributed by atoms with Crippen molar-refractivity contribution in [1.82, 2.24) is 10.6 Å². The molecule has 3 atom stereocenters. The fraction of sp³-hybridized carbons (Fsp3) is 0.471. The number of para-hydroxylation sites is 1. The van der Waals surface area contributed by atoms with Crippen molar-refractivity contribution >= 4 is 17.0 Å². The maximum absolute atomic E-state index is 12.0. The molecule has 2 amide bonds. The maximum Gasteiger partial charge on any atom is 0.315 e. The molecule has 0 aliphatic carbocycles. The van der Waals surface area contributed by atoms with Crippen molar-refractivity contribution in [3.05, 3.63) is 30.0 Å². The highest BCUT2D eigenvalue weighted by molar-refractivity contribution is 5.83. The number of benzene rings is 1. The number of ether oxygens (including phenoxy) is 2. The van der Waals surface area contributed by atoms with Crippen molar-refractivity contribution in [2.24, 2.45) is 0 Å². The molecule has 2 aromatic rings. The van der Waals surface area contributed by atoms with Crippen molar-refractivity contribution in [3.63, 3.8) is 0 Å². The van der Waals surface area contributed by atoms with Crippen molar-refractivity contribution in [2.75, 3.05) is 7.11 Å². The molecular weight excluding hydrogens is 296 g/mol. The van der Waals surface area contributed by atoms with Crippen LogP contribution in [0.15, 0.2) is 28.7 Å². The molecule has 1 aromatic heterocycles. The number of amides is 2. The van der Waals surface area contributed by atoms with Gasteiger partial charge in [-0.15, -0.1) is 0 Å². The smallest absolute Gasteiger partial charge is 0.315 e. The number of hydrogen-bond acceptors (Lipinski definition) is 4. The van der Waals surface area contributed by atoms with Crippen molar-refractivity contribution < 1.29 is 18.7 Å². The minimum atomic E-state index is -0.182. The molecular formula is C17H20N2O4. The standard InChI is InChI=1S/C17H20N2O4/c1-21-15-4-2-3-10-7-12(23-16(10)15)9-18-17(20)19-13-8-11-5-6-14(13)22-11/h2-4,7,11,13-14H,5-6,8-9H2,1H3,(H2,18,19,20)/t11-,13+,14-/m1/s1. The zero-order valence-corrected chi connectivity index (χ0v) is 13.0. The number of rotatable bonds is 4. The van der Waals surface area contributed by atoms with Gasteiger partial charge in [-0.2, -0.15) is 0 Å². The molecule has 0 spiro atoms. The zero-order chi connectivity index (χ0) is 15.8. The van der Waals surface area contributed by atoms with E-state index in [0.717, 1.165) is 24.6 Å². The molecule has 0 unspecified atom stereocenters. The quantitative estimate of drug-likeness (QED) is 0.909. The summed E-state index contributed by atoms with van der Waals surface area (Å²) in [7, 11) is 1.61. The molecule has 2 aliphatic heterocycles. The van der Waals surface area contributed by atoms with Crippen LogP contribution in [-0.2, 0) is 11.3 Å². The van der Waals surface area contributed by atoms with E-state index in [0.29, 0.717) is 29.7 Å². The third kappa shape index (κ3) is 2.74. The van der Waals surface area contributed by atoms with Crippen LogP contribution in [0.5, 0.6) is 5.75 Å². The summed E-state index contributed by atoms with van der Waals surface area (Å²) in [6.45, 7) is 0.339. The normalized spacial score (nSPS) is 25.7. The summed E-state index contributed by atoms with van der Waals surface area (Å²) in [4.78, 5) is 12.0. The number of urea groups is 1. The van der Waals surface area contributed by atoms with Crippen LogP contribution >= 0.6 is 0 Å². The van der Waals surface area contributed by atoms with Gasteiger partial charge in [-0.3, -0.25) is 0 Å². The van der Waals surface area contributed by atoms with Crippen LogP contribution in [0.3, 0.4) is 0 Å². The highest BCUT2D eigenvalue weighted by Crippen LogP contribution is 2.34.